The SMILES string of the molecule is CC(NC(=NCC(=O)N(C)C)N1CCC2(CCCC2)C1)c1ccccc1. The van der Waals surface area contributed by atoms with Gasteiger partial charge in [-0.25, -0.2) is 4.99 Å². The highest BCUT2D eigenvalue weighted by atomic mass is 16.2. The van der Waals surface area contributed by atoms with Gasteiger partial charge in [-0.1, -0.05) is 43.2 Å². The molecule has 26 heavy (non-hydrogen) atoms. The van der Waals surface area contributed by atoms with Crippen molar-refractivity contribution in [3.8, 4) is 0 Å². The highest BCUT2D eigenvalue weighted by Crippen LogP contribution is 2.45. The Bertz CT molecular complexity index is 635. The van der Waals surface area contributed by atoms with E-state index in [0.29, 0.717) is 5.41 Å². The van der Waals surface area contributed by atoms with E-state index < -0.39 is 0 Å². The van der Waals surface area contributed by atoms with Crippen molar-refractivity contribution in [2.45, 2.75) is 45.1 Å². The summed E-state index contributed by atoms with van der Waals surface area (Å²) < 4.78 is 0. The predicted molar refractivity (Wildman–Crippen MR) is 106 cm³/mol. The van der Waals surface area contributed by atoms with E-state index in [4.69, 9.17) is 0 Å². The van der Waals surface area contributed by atoms with Gasteiger partial charge in [-0.2, -0.15) is 0 Å². The van der Waals surface area contributed by atoms with Crippen LogP contribution in [0.1, 0.15) is 50.6 Å². The molecule has 1 aliphatic carbocycles. The minimum absolute atomic E-state index is 0.0337. The van der Waals surface area contributed by atoms with Crippen LogP contribution >= 0.6 is 0 Å². The van der Waals surface area contributed by atoms with Gasteiger partial charge in [-0.3, -0.25) is 4.79 Å². The molecule has 1 aromatic carbocycles. The number of likely N-dealkylation sites (tertiary alicyclic amines) is 1. The average Bonchev–Trinajstić information content (AvgIpc) is 3.29. The van der Waals surface area contributed by atoms with E-state index in [1.54, 1.807) is 19.0 Å². The minimum Gasteiger partial charge on any atom is -0.350 e. The van der Waals surface area contributed by atoms with Gasteiger partial charge in [0.05, 0.1) is 6.04 Å². The first-order chi connectivity index (χ1) is 12.5. The topological polar surface area (TPSA) is 47.9 Å². The molecule has 2 aliphatic rings. The first kappa shape index (κ1) is 18.7. The summed E-state index contributed by atoms with van der Waals surface area (Å²) in [6.07, 6.45) is 6.62. The van der Waals surface area contributed by atoms with E-state index in [1.165, 1.54) is 37.7 Å². The van der Waals surface area contributed by atoms with E-state index in [2.05, 4.69) is 46.4 Å². The van der Waals surface area contributed by atoms with Crippen LogP contribution in [0, 0.1) is 5.41 Å². The van der Waals surface area contributed by atoms with Gasteiger partial charge in [0, 0.05) is 27.2 Å². The summed E-state index contributed by atoms with van der Waals surface area (Å²) in [5.74, 6) is 0.909. The average molecular weight is 357 g/mol. The normalized spacial score (nSPS) is 20.4. The summed E-state index contributed by atoms with van der Waals surface area (Å²) >= 11 is 0. The number of carbonyl (C=O) groups is 1. The summed E-state index contributed by atoms with van der Waals surface area (Å²) in [7, 11) is 3.56. The second kappa shape index (κ2) is 8.11. The van der Waals surface area contributed by atoms with Crippen LogP contribution < -0.4 is 5.32 Å². The van der Waals surface area contributed by atoms with Crippen LogP contribution in [0.2, 0.25) is 0 Å². The molecule has 1 heterocycles. The fourth-order valence-corrected chi connectivity index (χ4v) is 4.19. The number of aliphatic imine (C=N–C) groups is 1. The molecule has 1 amide bonds. The number of benzene rings is 1. The van der Waals surface area contributed by atoms with Crippen LogP contribution in [-0.4, -0.2) is 55.4 Å². The molecule has 1 aromatic rings. The zero-order valence-corrected chi connectivity index (χ0v) is 16.4. The molecule has 1 saturated heterocycles. The third-order valence-corrected chi connectivity index (χ3v) is 5.91. The Kier molecular flexibility index (Phi) is 5.84. The van der Waals surface area contributed by atoms with Crippen molar-refractivity contribution in [1.82, 2.24) is 15.1 Å². The fourth-order valence-electron chi connectivity index (χ4n) is 4.19. The third kappa shape index (κ3) is 4.37. The molecule has 5 nitrogen and oxygen atoms in total. The number of likely N-dealkylation sites (N-methyl/N-ethyl adjacent to an activating group) is 1. The first-order valence-electron chi connectivity index (χ1n) is 9.80. The summed E-state index contributed by atoms with van der Waals surface area (Å²) in [6, 6.07) is 10.6. The van der Waals surface area contributed by atoms with E-state index in [0.717, 1.165) is 19.0 Å². The van der Waals surface area contributed by atoms with Crippen molar-refractivity contribution < 1.29 is 4.79 Å². The van der Waals surface area contributed by atoms with Crippen molar-refractivity contribution in [2.24, 2.45) is 10.4 Å². The van der Waals surface area contributed by atoms with Gasteiger partial charge < -0.3 is 15.1 Å². The van der Waals surface area contributed by atoms with E-state index >= 15 is 0 Å². The summed E-state index contributed by atoms with van der Waals surface area (Å²) in [6.45, 7) is 4.44. The zero-order chi connectivity index (χ0) is 18.6. The lowest BCUT2D eigenvalue weighted by Gasteiger charge is -2.28. The summed E-state index contributed by atoms with van der Waals surface area (Å²) in [5.41, 5.74) is 1.71. The number of hydrogen-bond acceptors (Lipinski definition) is 2. The fraction of sp³-hybridized carbons (Fsp3) is 0.619. The second-order valence-corrected chi connectivity index (χ2v) is 8.08. The van der Waals surface area contributed by atoms with Crippen LogP contribution in [0.15, 0.2) is 35.3 Å². The lowest BCUT2D eigenvalue weighted by Crippen LogP contribution is -2.43. The van der Waals surface area contributed by atoms with E-state index in [1.807, 2.05) is 6.07 Å². The van der Waals surface area contributed by atoms with Crippen LogP contribution in [0.25, 0.3) is 0 Å². The van der Waals surface area contributed by atoms with Crippen LogP contribution in [0.5, 0.6) is 0 Å². The number of hydrogen-bond donors (Lipinski definition) is 1. The largest absolute Gasteiger partial charge is 0.350 e. The first-order valence-corrected chi connectivity index (χ1v) is 9.80. The molecule has 2 fully saturated rings. The molecule has 0 aromatic heterocycles. The molecule has 1 aliphatic heterocycles. The Hall–Kier alpha value is -2.04. The molecule has 5 heteroatoms. The molecule has 142 valence electrons. The van der Waals surface area contributed by atoms with Crippen molar-refractivity contribution >= 4 is 11.9 Å². The maximum atomic E-state index is 12.0. The minimum atomic E-state index is 0.0337. The molecular weight excluding hydrogens is 324 g/mol. The van der Waals surface area contributed by atoms with Gasteiger partial charge in [0.1, 0.15) is 6.54 Å². The van der Waals surface area contributed by atoms with Crippen molar-refractivity contribution in [3.05, 3.63) is 35.9 Å². The molecule has 3 rings (SSSR count). The third-order valence-electron chi connectivity index (χ3n) is 5.91. The Morgan fingerprint density at radius 3 is 2.58 bits per heavy atom. The lowest BCUT2D eigenvalue weighted by atomic mass is 9.86. The van der Waals surface area contributed by atoms with Crippen LogP contribution in [0.3, 0.4) is 0 Å². The highest BCUT2D eigenvalue weighted by molar-refractivity contribution is 5.85. The number of guanidine groups is 1. The standard InChI is InChI=1S/C21H32N4O/c1-17(18-9-5-4-6-10-18)23-20(22-15-19(26)24(2)3)25-14-13-21(16-25)11-7-8-12-21/h4-6,9-10,17H,7-8,11-16H2,1-3H3,(H,22,23). The molecule has 1 spiro atoms. The van der Waals surface area contributed by atoms with Crippen molar-refractivity contribution in [2.75, 3.05) is 33.7 Å². The Balaban J connectivity index is 1.73. The molecule has 1 unspecified atom stereocenters. The molecule has 1 atom stereocenters. The molecular formula is C21H32N4O. The quantitative estimate of drug-likeness (QED) is 0.666. The second-order valence-electron chi connectivity index (χ2n) is 8.08. The van der Waals surface area contributed by atoms with Crippen molar-refractivity contribution in [1.29, 1.82) is 0 Å². The van der Waals surface area contributed by atoms with E-state index in [-0.39, 0.29) is 18.5 Å². The van der Waals surface area contributed by atoms with Gasteiger partial charge >= 0.3 is 0 Å². The smallest absolute Gasteiger partial charge is 0.243 e. The van der Waals surface area contributed by atoms with Gasteiger partial charge in [0.2, 0.25) is 5.91 Å². The highest BCUT2D eigenvalue weighted by Gasteiger charge is 2.41. The van der Waals surface area contributed by atoms with Gasteiger partial charge in [0.25, 0.3) is 0 Å². The number of rotatable bonds is 4. The molecule has 1 saturated carbocycles. The van der Waals surface area contributed by atoms with Gasteiger partial charge in [-0.15, -0.1) is 0 Å². The molecule has 0 radical (unpaired) electrons. The number of nitrogens with one attached hydrogen (secondary N) is 1. The molecule has 1 N–H and O–H groups in total. The Morgan fingerprint density at radius 2 is 1.92 bits per heavy atom. The maximum absolute atomic E-state index is 12.0. The predicted octanol–water partition coefficient (Wildman–Crippen LogP) is 3.05. The maximum Gasteiger partial charge on any atom is 0.243 e. The molecule has 0 bridgehead atoms. The zero-order valence-electron chi connectivity index (χ0n) is 16.4. The monoisotopic (exact) mass is 356 g/mol. The number of nitrogens with zero attached hydrogens (tertiary/aromatic N) is 3. The van der Waals surface area contributed by atoms with E-state index in [9.17, 15) is 4.79 Å². The lowest BCUT2D eigenvalue weighted by molar-refractivity contribution is -0.127. The summed E-state index contributed by atoms with van der Waals surface area (Å²) in [4.78, 5) is 20.7. The number of carbonyl (C=O) groups excluding carboxylic acids is 1. The summed E-state index contributed by atoms with van der Waals surface area (Å²) in [5, 5.41) is 3.58. The van der Waals surface area contributed by atoms with Crippen LogP contribution in [0.4, 0.5) is 0 Å². The Labute approximate surface area is 157 Å². The van der Waals surface area contributed by atoms with Gasteiger partial charge in [-0.05, 0) is 37.2 Å². The van der Waals surface area contributed by atoms with Gasteiger partial charge in [0.15, 0.2) is 5.96 Å². The number of amides is 1. The van der Waals surface area contributed by atoms with Crippen LogP contribution in [-0.2, 0) is 4.79 Å². The van der Waals surface area contributed by atoms with Crippen molar-refractivity contribution in [3.63, 3.8) is 0 Å². The Morgan fingerprint density at radius 1 is 1.23 bits per heavy atom.